The molecule has 1 saturated heterocycles. The predicted octanol–water partition coefficient (Wildman–Crippen LogP) is 2.67. The van der Waals surface area contributed by atoms with Gasteiger partial charge in [-0.3, -0.25) is 4.57 Å². The molecular formula is C30H31N3O6. The summed E-state index contributed by atoms with van der Waals surface area (Å²) in [5.74, 6) is 1.36. The molecule has 1 fully saturated rings. The number of rotatable bonds is 8. The minimum atomic E-state index is -1.58. The summed E-state index contributed by atoms with van der Waals surface area (Å²) in [4.78, 5) is 17.6. The van der Waals surface area contributed by atoms with Crippen molar-refractivity contribution in [3.8, 4) is 11.5 Å². The summed E-state index contributed by atoms with van der Waals surface area (Å²) >= 11 is 0. The fraction of sp³-hybridized carbons (Fsp3) is 0.267. The average Bonchev–Trinajstić information content (AvgIpc) is 3.31. The second-order valence-corrected chi connectivity index (χ2v) is 9.47. The quantitative estimate of drug-likeness (QED) is 0.297. The van der Waals surface area contributed by atoms with Crippen molar-refractivity contribution in [3.05, 3.63) is 118 Å². The molecule has 5 rings (SSSR count). The first-order chi connectivity index (χ1) is 18.9. The van der Waals surface area contributed by atoms with E-state index in [9.17, 15) is 15.0 Å². The molecule has 2 heterocycles. The molecule has 0 saturated carbocycles. The first kappa shape index (κ1) is 26.4. The van der Waals surface area contributed by atoms with Crippen molar-refractivity contribution in [2.75, 3.05) is 26.6 Å². The van der Waals surface area contributed by atoms with Crippen LogP contribution < -0.4 is 20.9 Å². The van der Waals surface area contributed by atoms with Gasteiger partial charge in [-0.05, 0) is 47.0 Å². The highest BCUT2D eigenvalue weighted by Gasteiger charge is 2.63. The molecule has 202 valence electrons. The van der Waals surface area contributed by atoms with E-state index in [4.69, 9.17) is 19.9 Å². The number of methoxy groups -OCH3 is 2. The van der Waals surface area contributed by atoms with Gasteiger partial charge in [0.15, 0.2) is 5.72 Å². The van der Waals surface area contributed by atoms with Crippen molar-refractivity contribution in [1.82, 2.24) is 9.55 Å². The second-order valence-electron chi connectivity index (χ2n) is 9.47. The van der Waals surface area contributed by atoms with Crippen molar-refractivity contribution in [1.29, 1.82) is 0 Å². The normalized spacial score (nSPS) is 21.0. The molecule has 9 heteroatoms. The molecule has 1 aliphatic heterocycles. The molecule has 4 aromatic rings. The van der Waals surface area contributed by atoms with Gasteiger partial charge in [0.05, 0.1) is 32.3 Å². The van der Waals surface area contributed by atoms with Crippen molar-refractivity contribution < 1.29 is 24.4 Å². The maximum absolute atomic E-state index is 13.6. The lowest BCUT2D eigenvalue weighted by atomic mass is 9.61. The van der Waals surface area contributed by atoms with E-state index in [2.05, 4.69) is 4.98 Å². The molecule has 3 atom stereocenters. The highest BCUT2D eigenvalue weighted by Crippen LogP contribution is 2.56. The van der Waals surface area contributed by atoms with Gasteiger partial charge in [0, 0.05) is 12.6 Å². The Hall–Kier alpha value is -4.18. The lowest BCUT2D eigenvalue weighted by molar-refractivity contribution is -0.147. The molecule has 0 spiro atoms. The van der Waals surface area contributed by atoms with Gasteiger partial charge in [-0.25, -0.2) is 4.79 Å². The van der Waals surface area contributed by atoms with Gasteiger partial charge in [0.25, 0.3) is 0 Å². The third-order valence-corrected chi connectivity index (χ3v) is 7.49. The number of hydrogen-bond donors (Lipinski definition) is 3. The van der Waals surface area contributed by atoms with Crippen LogP contribution in [0.1, 0.15) is 23.1 Å². The Labute approximate surface area is 226 Å². The molecular weight excluding hydrogens is 498 g/mol. The number of benzene rings is 3. The monoisotopic (exact) mass is 529 g/mol. The van der Waals surface area contributed by atoms with Crippen LogP contribution >= 0.6 is 0 Å². The molecule has 1 aliphatic rings. The summed E-state index contributed by atoms with van der Waals surface area (Å²) < 4.78 is 18.9. The van der Waals surface area contributed by atoms with Crippen molar-refractivity contribution in [3.63, 3.8) is 0 Å². The zero-order valence-corrected chi connectivity index (χ0v) is 21.7. The van der Waals surface area contributed by atoms with Gasteiger partial charge < -0.3 is 30.2 Å². The van der Waals surface area contributed by atoms with Crippen LogP contribution in [0.15, 0.2) is 95.9 Å². The predicted molar refractivity (Wildman–Crippen MR) is 146 cm³/mol. The van der Waals surface area contributed by atoms with E-state index in [1.165, 1.54) is 16.8 Å². The molecule has 1 aromatic heterocycles. The number of nitrogens with zero attached hydrogens (tertiary/aromatic N) is 2. The van der Waals surface area contributed by atoms with Gasteiger partial charge in [-0.1, -0.05) is 54.6 Å². The summed E-state index contributed by atoms with van der Waals surface area (Å²) in [7, 11) is 3.18. The number of nitrogens with two attached hydrogens (primary N) is 1. The first-order valence-corrected chi connectivity index (χ1v) is 12.6. The van der Waals surface area contributed by atoms with Crippen LogP contribution in [0, 0.1) is 0 Å². The van der Waals surface area contributed by atoms with E-state index < -0.39 is 35.6 Å². The average molecular weight is 530 g/mol. The number of anilines is 1. The van der Waals surface area contributed by atoms with Gasteiger partial charge >= 0.3 is 5.69 Å². The molecule has 39 heavy (non-hydrogen) atoms. The highest BCUT2D eigenvalue weighted by atomic mass is 16.6. The maximum Gasteiger partial charge on any atom is 0.351 e. The number of aliphatic hydroxyl groups is 2. The van der Waals surface area contributed by atoms with Gasteiger partial charge in [0.2, 0.25) is 0 Å². The van der Waals surface area contributed by atoms with E-state index in [0.717, 1.165) is 16.7 Å². The number of aromatic nitrogens is 2. The zero-order valence-electron chi connectivity index (χ0n) is 21.7. The van der Waals surface area contributed by atoms with Gasteiger partial charge in [-0.15, -0.1) is 0 Å². The highest BCUT2D eigenvalue weighted by molar-refractivity contribution is 5.55. The van der Waals surface area contributed by atoms with E-state index in [-0.39, 0.29) is 12.2 Å². The first-order valence-electron chi connectivity index (χ1n) is 12.6. The lowest BCUT2D eigenvalue weighted by Crippen LogP contribution is -2.58. The number of ether oxygens (including phenoxy) is 3. The fourth-order valence-electron chi connectivity index (χ4n) is 5.77. The summed E-state index contributed by atoms with van der Waals surface area (Å²) in [6.07, 6.45) is -0.550. The van der Waals surface area contributed by atoms with E-state index in [0.29, 0.717) is 11.5 Å². The smallest absolute Gasteiger partial charge is 0.351 e. The Morgan fingerprint density at radius 1 is 0.949 bits per heavy atom. The molecule has 0 unspecified atom stereocenters. The minimum Gasteiger partial charge on any atom is -0.497 e. The maximum atomic E-state index is 13.6. The Kier molecular flexibility index (Phi) is 7.14. The summed E-state index contributed by atoms with van der Waals surface area (Å²) in [5, 5.41) is 21.4. The van der Waals surface area contributed by atoms with Crippen LogP contribution in [0.4, 0.5) is 5.82 Å². The largest absolute Gasteiger partial charge is 0.497 e. The Morgan fingerprint density at radius 3 is 1.95 bits per heavy atom. The van der Waals surface area contributed by atoms with E-state index >= 15 is 0 Å². The molecule has 0 bridgehead atoms. The Bertz CT molecular complexity index is 1430. The van der Waals surface area contributed by atoms with Crippen LogP contribution in [0.2, 0.25) is 0 Å². The topological polar surface area (TPSA) is 129 Å². The van der Waals surface area contributed by atoms with Gasteiger partial charge in [0.1, 0.15) is 23.4 Å². The second kappa shape index (κ2) is 10.5. The summed E-state index contributed by atoms with van der Waals surface area (Å²) in [5.41, 5.74) is 4.71. The standard InChI is InChI=1S/C30H31N3O6/c1-37-23-12-8-21(9-13-23)30(20-6-4-3-5-7-20,22-10-14-24(38-2)15-11-22)29(18-25(35)26(19-34)39-29)33-17-16-27(31)32-28(33)36/h3-17,25-26,34-35H,18-19H2,1-2H3,(H2,31,32,36)/t25-,26+,29-/m0/s1. The molecule has 3 aromatic carbocycles. The van der Waals surface area contributed by atoms with Crippen LogP contribution in [0.3, 0.4) is 0 Å². The van der Waals surface area contributed by atoms with Crippen LogP contribution in [-0.2, 0) is 15.9 Å². The lowest BCUT2D eigenvalue weighted by Gasteiger charge is -2.50. The molecule has 4 N–H and O–H groups in total. The third kappa shape index (κ3) is 4.24. The van der Waals surface area contributed by atoms with Crippen molar-refractivity contribution in [2.24, 2.45) is 0 Å². The Morgan fingerprint density at radius 2 is 1.49 bits per heavy atom. The Balaban J connectivity index is 1.97. The molecule has 0 amide bonds. The van der Waals surface area contributed by atoms with Crippen LogP contribution in [0.25, 0.3) is 0 Å². The minimum absolute atomic E-state index is 0.0311. The molecule has 0 aliphatic carbocycles. The molecule has 0 radical (unpaired) electrons. The van der Waals surface area contributed by atoms with E-state index in [1.807, 2.05) is 78.9 Å². The molecule has 9 nitrogen and oxygen atoms in total. The van der Waals surface area contributed by atoms with Gasteiger partial charge in [-0.2, -0.15) is 4.98 Å². The third-order valence-electron chi connectivity index (χ3n) is 7.49. The van der Waals surface area contributed by atoms with Crippen molar-refractivity contribution >= 4 is 5.82 Å². The SMILES string of the molecule is COc1ccc(C(c2ccccc2)(c2ccc(OC)cc2)[C@]2(n3ccc(N)nc3=O)C[C@H](O)[C@@H](CO)O2)cc1. The van der Waals surface area contributed by atoms with E-state index in [1.54, 1.807) is 14.2 Å². The summed E-state index contributed by atoms with van der Waals surface area (Å²) in [6.45, 7) is -0.448. The number of hydrogen-bond acceptors (Lipinski definition) is 8. The number of nitrogen functional groups attached to an aromatic ring is 1. The fourth-order valence-corrected chi connectivity index (χ4v) is 5.77. The van der Waals surface area contributed by atoms with Crippen LogP contribution in [0.5, 0.6) is 11.5 Å². The zero-order chi connectivity index (χ0) is 27.6. The number of aliphatic hydroxyl groups excluding tert-OH is 2. The van der Waals surface area contributed by atoms with Crippen LogP contribution in [-0.4, -0.2) is 52.8 Å². The van der Waals surface area contributed by atoms with Crippen molar-refractivity contribution in [2.45, 2.75) is 29.8 Å². The summed E-state index contributed by atoms with van der Waals surface area (Å²) in [6, 6.07) is 26.1.